The number of rotatable bonds is 9. The van der Waals surface area contributed by atoms with E-state index in [4.69, 9.17) is 5.73 Å². The van der Waals surface area contributed by atoms with Gasteiger partial charge in [0, 0.05) is 25.2 Å². The van der Waals surface area contributed by atoms with Gasteiger partial charge in [-0.25, -0.2) is 0 Å². The van der Waals surface area contributed by atoms with Crippen molar-refractivity contribution in [3.8, 4) is 11.3 Å². The molecular weight excluding hydrogens is 410 g/mol. The number of nitrogens with one attached hydrogen (secondary N) is 2. The summed E-state index contributed by atoms with van der Waals surface area (Å²) in [6, 6.07) is 17.0. The third kappa shape index (κ3) is 5.66. The Morgan fingerprint density at radius 1 is 1.00 bits per heavy atom. The van der Waals surface area contributed by atoms with Gasteiger partial charge < -0.3 is 16.4 Å². The lowest BCUT2D eigenvalue weighted by Crippen LogP contribution is -2.49. The van der Waals surface area contributed by atoms with E-state index in [1.807, 2.05) is 36.4 Å². The molecule has 0 aliphatic heterocycles. The summed E-state index contributed by atoms with van der Waals surface area (Å²) in [5.74, 6) is -3.21. The van der Waals surface area contributed by atoms with Gasteiger partial charge in [0.15, 0.2) is 0 Å². The maximum atomic E-state index is 13.1. The van der Waals surface area contributed by atoms with Crippen LogP contribution in [0.1, 0.15) is 15.9 Å². The Kier molecular flexibility index (Phi) is 7.12. The van der Waals surface area contributed by atoms with E-state index in [2.05, 4.69) is 15.7 Å². The number of hydrogen-bond acceptors (Lipinski definition) is 5. The van der Waals surface area contributed by atoms with Crippen LogP contribution < -0.4 is 16.4 Å². The van der Waals surface area contributed by atoms with Crippen LogP contribution >= 0.6 is 0 Å². The predicted octanol–water partition coefficient (Wildman–Crippen LogP) is 0.599. The number of amides is 3. The first-order chi connectivity index (χ1) is 15.3. The lowest BCUT2D eigenvalue weighted by atomic mass is 10.0. The molecule has 4 N–H and O–H groups in total. The van der Waals surface area contributed by atoms with Crippen LogP contribution in [0, 0.1) is 0 Å². The van der Waals surface area contributed by atoms with E-state index in [0.717, 1.165) is 11.1 Å². The van der Waals surface area contributed by atoms with Crippen molar-refractivity contribution in [1.29, 1.82) is 0 Å². The molecule has 0 aliphatic carbocycles. The van der Waals surface area contributed by atoms with E-state index in [-0.39, 0.29) is 12.0 Å². The Bertz CT molecular complexity index is 1130. The van der Waals surface area contributed by atoms with E-state index in [1.54, 1.807) is 37.5 Å². The van der Waals surface area contributed by atoms with Crippen LogP contribution in [-0.2, 0) is 27.9 Å². The second-order valence-electron chi connectivity index (χ2n) is 7.16. The summed E-state index contributed by atoms with van der Waals surface area (Å²) < 4.78 is 1.50. The standard InChI is InChI=1S/C23H23N5O4/c1-28-14-17(20(27-28)16-10-6-3-7-11-16)22(31)26-18(12-15-8-4-2-5-9-15)21(30)23(32)25-13-19(24)29/h2-11,14,18H,12-13H2,1H3,(H2,24,29)(H,25,32)(H,26,31)/t18-/m0/s1. The Morgan fingerprint density at radius 3 is 2.25 bits per heavy atom. The number of nitrogens with zero attached hydrogens (tertiary/aromatic N) is 2. The van der Waals surface area contributed by atoms with Gasteiger partial charge in [0.2, 0.25) is 11.7 Å². The maximum absolute atomic E-state index is 13.1. The minimum atomic E-state index is -1.15. The maximum Gasteiger partial charge on any atom is 0.290 e. The molecule has 3 aromatic rings. The van der Waals surface area contributed by atoms with Gasteiger partial charge in [0.1, 0.15) is 11.7 Å². The normalized spacial score (nSPS) is 11.4. The number of hydrogen-bond donors (Lipinski definition) is 3. The number of ketones is 1. The van der Waals surface area contributed by atoms with Crippen molar-refractivity contribution >= 4 is 23.5 Å². The van der Waals surface area contributed by atoms with Gasteiger partial charge in [0.05, 0.1) is 12.1 Å². The zero-order valence-corrected chi connectivity index (χ0v) is 17.4. The predicted molar refractivity (Wildman–Crippen MR) is 117 cm³/mol. The number of aryl methyl sites for hydroxylation is 1. The highest BCUT2D eigenvalue weighted by Gasteiger charge is 2.29. The van der Waals surface area contributed by atoms with Crippen molar-refractivity contribution in [2.45, 2.75) is 12.5 Å². The first kappa shape index (κ1) is 22.4. The molecule has 0 fully saturated rings. The van der Waals surface area contributed by atoms with Gasteiger partial charge in [-0.3, -0.25) is 23.9 Å². The minimum Gasteiger partial charge on any atom is -0.368 e. The Hall–Kier alpha value is -4.27. The summed E-state index contributed by atoms with van der Waals surface area (Å²) >= 11 is 0. The molecule has 1 aromatic heterocycles. The molecule has 9 heteroatoms. The molecule has 0 saturated heterocycles. The SMILES string of the molecule is Cn1cc(C(=O)N[C@@H](Cc2ccccc2)C(=O)C(=O)NCC(N)=O)c(-c2ccccc2)n1. The first-order valence-electron chi connectivity index (χ1n) is 9.89. The molecule has 0 aliphatic rings. The van der Waals surface area contributed by atoms with Gasteiger partial charge in [-0.1, -0.05) is 60.7 Å². The molecular formula is C23H23N5O4. The summed E-state index contributed by atoms with van der Waals surface area (Å²) in [4.78, 5) is 49.1. The second kappa shape index (κ2) is 10.2. The largest absolute Gasteiger partial charge is 0.368 e. The highest BCUT2D eigenvalue weighted by atomic mass is 16.2. The minimum absolute atomic E-state index is 0.0936. The number of aromatic nitrogens is 2. The third-order valence-electron chi connectivity index (χ3n) is 4.67. The van der Waals surface area contributed by atoms with E-state index >= 15 is 0 Å². The summed E-state index contributed by atoms with van der Waals surface area (Å²) in [6.07, 6.45) is 1.64. The zero-order chi connectivity index (χ0) is 23.1. The van der Waals surface area contributed by atoms with Crippen molar-refractivity contribution in [2.24, 2.45) is 12.8 Å². The Morgan fingerprint density at radius 2 is 1.62 bits per heavy atom. The van der Waals surface area contributed by atoms with E-state index in [9.17, 15) is 19.2 Å². The monoisotopic (exact) mass is 433 g/mol. The topological polar surface area (TPSA) is 136 Å². The van der Waals surface area contributed by atoms with Gasteiger partial charge >= 0.3 is 0 Å². The molecule has 2 aromatic carbocycles. The van der Waals surface area contributed by atoms with Gasteiger partial charge in [-0.15, -0.1) is 0 Å². The molecule has 0 bridgehead atoms. The van der Waals surface area contributed by atoms with Gasteiger partial charge in [-0.2, -0.15) is 5.10 Å². The fraction of sp³-hybridized carbons (Fsp3) is 0.174. The number of carbonyl (C=O) groups excluding carboxylic acids is 4. The van der Waals surface area contributed by atoms with Gasteiger partial charge in [0.25, 0.3) is 11.8 Å². The third-order valence-corrected chi connectivity index (χ3v) is 4.67. The van der Waals surface area contributed by atoms with Crippen LogP contribution in [-0.4, -0.2) is 45.9 Å². The van der Waals surface area contributed by atoms with E-state index < -0.39 is 36.1 Å². The molecule has 3 rings (SSSR count). The van der Waals surface area contributed by atoms with Crippen LogP contribution in [0.2, 0.25) is 0 Å². The Labute approximate surface area is 184 Å². The zero-order valence-electron chi connectivity index (χ0n) is 17.4. The van der Waals surface area contributed by atoms with Crippen molar-refractivity contribution in [3.63, 3.8) is 0 Å². The number of carbonyl (C=O) groups is 4. The highest BCUT2D eigenvalue weighted by molar-refractivity contribution is 6.38. The molecule has 3 amide bonds. The number of benzene rings is 2. The molecule has 0 unspecified atom stereocenters. The van der Waals surface area contributed by atoms with Crippen molar-refractivity contribution < 1.29 is 19.2 Å². The molecule has 1 heterocycles. The molecule has 1 atom stereocenters. The average Bonchev–Trinajstić information content (AvgIpc) is 3.19. The number of nitrogens with two attached hydrogens (primary N) is 1. The van der Waals surface area contributed by atoms with Crippen molar-refractivity contribution in [2.75, 3.05) is 6.54 Å². The van der Waals surface area contributed by atoms with Crippen LogP contribution in [0.3, 0.4) is 0 Å². The quantitative estimate of drug-likeness (QED) is 0.425. The highest BCUT2D eigenvalue weighted by Crippen LogP contribution is 2.21. The number of Topliss-reactive ketones (excluding diaryl/α,β-unsaturated/α-hetero) is 1. The summed E-state index contributed by atoms with van der Waals surface area (Å²) in [7, 11) is 1.69. The average molecular weight is 433 g/mol. The lowest BCUT2D eigenvalue weighted by molar-refractivity contribution is -0.139. The molecule has 0 saturated carbocycles. The van der Waals surface area contributed by atoms with Crippen LogP contribution in [0.15, 0.2) is 66.9 Å². The summed E-state index contributed by atoms with van der Waals surface area (Å²) in [5.41, 5.74) is 7.24. The first-order valence-corrected chi connectivity index (χ1v) is 9.89. The van der Waals surface area contributed by atoms with Crippen molar-refractivity contribution in [1.82, 2.24) is 20.4 Å². The lowest BCUT2D eigenvalue weighted by Gasteiger charge is -2.17. The molecule has 0 spiro atoms. The molecule has 164 valence electrons. The smallest absolute Gasteiger partial charge is 0.290 e. The summed E-state index contributed by atoms with van der Waals surface area (Å²) in [5, 5.41) is 9.19. The van der Waals surface area contributed by atoms with Crippen LogP contribution in [0.25, 0.3) is 11.3 Å². The van der Waals surface area contributed by atoms with E-state index in [0.29, 0.717) is 5.69 Å². The fourth-order valence-electron chi connectivity index (χ4n) is 3.17. The van der Waals surface area contributed by atoms with E-state index in [1.165, 1.54) is 4.68 Å². The second-order valence-corrected chi connectivity index (χ2v) is 7.16. The van der Waals surface area contributed by atoms with Crippen LogP contribution in [0.4, 0.5) is 0 Å². The number of primary amides is 1. The Balaban J connectivity index is 1.86. The van der Waals surface area contributed by atoms with Crippen molar-refractivity contribution in [3.05, 3.63) is 78.0 Å². The van der Waals surface area contributed by atoms with Gasteiger partial charge in [-0.05, 0) is 5.56 Å². The molecule has 9 nitrogen and oxygen atoms in total. The molecule has 0 radical (unpaired) electrons. The van der Waals surface area contributed by atoms with Crippen LogP contribution in [0.5, 0.6) is 0 Å². The summed E-state index contributed by atoms with van der Waals surface area (Å²) in [6.45, 7) is -0.475. The molecule has 32 heavy (non-hydrogen) atoms. The fourth-order valence-corrected chi connectivity index (χ4v) is 3.17.